The molecule has 0 amide bonds. The first-order valence-corrected chi connectivity index (χ1v) is 8.05. The summed E-state index contributed by atoms with van der Waals surface area (Å²) >= 11 is 0. The second-order valence-electron chi connectivity index (χ2n) is 6.73. The highest BCUT2D eigenvalue weighted by atomic mass is 16.3. The molecule has 0 saturated heterocycles. The Balaban J connectivity index is 1.95. The maximum Gasteiger partial charge on any atom is 0.117 e. The average Bonchev–Trinajstić information content (AvgIpc) is 2.89. The topological polar surface area (TPSA) is 28.4 Å². The van der Waals surface area contributed by atoms with Crippen LogP contribution >= 0.6 is 0 Å². The summed E-state index contributed by atoms with van der Waals surface area (Å²) in [6.07, 6.45) is 7.24. The summed E-state index contributed by atoms with van der Waals surface area (Å²) in [6, 6.07) is 4.04. The molecular weight excluding hydrogens is 248 g/mol. The van der Waals surface area contributed by atoms with Gasteiger partial charge in [0.05, 0.1) is 12.8 Å². The van der Waals surface area contributed by atoms with E-state index in [4.69, 9.17) is 4.42 Å². The van der Waals surface area contributed by atoms with Crippen LogP contribution in [0.2, 0.25) is 0 Å². The lowest BCUT2D eigenvalue weighted by Gasteiger charge is -2.42. The second kappa shape index (κ2) is 7.28. The van der Waals surface area contributed by atoms with E-state index in [0.29, 0.717) is 5.41 Å². The Labute approximate surface area is 123 Å². The maximum absolute atomic E-state index is 5.47. The van der Waals surface area contributed by atoms with Crippen molar-refractivity contribution in [2.24, 2.45) is 11.3 Å². The first-order valence-electron chi connectivity index (χ1n) is 8.05. The van der Waals surface area contributed by atoms with Gasteiger partial charge in [-0.1, -0.05) is 26.7 Å². The van der Waals surface area contributed by atoms with E-state index in [1.54, 1.807) is 6.26 Å². The van der Waals surface area contributed by atoms with Crippen LogP contribution < -0.4 is 5.32 Å². The number of hydrogen-bond acceptors (Lipinski definition) is 3. The highest BCUT2D eigenvalue weighted by molar-refractivity contribution is 4.98. The van der Waals surface area contributed by atoms with Crippen molar-refractivity contribution in [2.45, 2.75) is 46.1 Å². The SMILES string of the molecule is CCNCC1(CN(C)Cc2ccco2)CCCC(C)C1. The van der Waals surface area contributed by atoms with Crippen molar-refractivity contribution in [3.05, 3.63) is 24.2 Å². The predicted molar refractivity (Wildman–Crippen MR) is 83.7 cm³/mol. The van der Waals surface area contributed by atoms with Crippen molar-refractivity contribution in [3.63, 3.8) is 0 Å². The first kappa shape index (κ1) is 15.6. The molecule has 0 bridgehead atoms. The van der Waals surface area contributed by atoms with Gasteiger partial charge in [0.25, 0.3) is 0 Å². The van der Waals surface area contributed by atoms with Crippen LogP contribution in [0, 0.1) is 11.3 Å². The van der Waals surface area contributed by atoms with E-state index in [-0.39, 0.29) is 0 Å². The van der Waals surface area contributed by atoms with Crippen LogP contribution in [0.4, 0.5) is 0 Å². The molecule has 20 heavy (non-hydrogen) atoms. The van der Waals surface area contributed by atoms with Crippen LogP contribution in [-0.4, -0.2) is 31.6 Å². The largest absolute Gasteiger partial charge is 0.468 e. The molecule has 0 aliphatic heterocycles. The zero-order valence-corrected chi connectivity index (χ0v) is 13.3. The van der Waals surface area contributed by atoms with Gasteiger partial charge in [0, 0.05) is 13.1 Å². The first-order chi connectivity index (χ1) is 9.63. The number of nitrogens with one attached hydrogen (secondary N) is 1. The third-order valence-electron chi connectivity index (χ3n) is 4.55. The van der Waals surface area contributed by atoms with Gasteiger partial charge in [-0.3, -0.25) is 4.90 Å². The molecule has 1 aliphatic carbocycles. The lowest BCUT2D eigenvalue weighted by atomic mass is 9.69. The van der Waals surface area contributed by atoms with Gasteiger partial charge in [-0.05, 0) is 49.9 Å². The Hall–Kier alpha value is -0.800. The molecule has 1 saturated carbocycles. The van der Waals surface area contributed by atoms with Crippen molar-refractivity contribution in [3.8, 4) is 0 Å². The van der Waals surface area contributed by atoms with Crippen LogP contribution in [0.25, 0.3) is 0 Å². The maximum atomic E-state index is 5.47. The Morgan fingerprint density at radius 1 is 1.50 bits per heavy atom. The van der Waals surface area contributed by atoms with Crippen LogP contribution in [0.5, 0.6) is 0 Å². The van der Waals surface area contributed by atoms with E-state index in [0.717, 1.165) is 37.9 Å². The standard InChI is InChI=1S/C17H30N2O/c1-4-18-13-17(9-5-7-15(2)11-17)14-19(3)12-16-8-6-10-20-16/h6,8,10,15,18H,4-5,7,9,11-14H2,1-3H3. The predicted octanol–water partition coefficient (Wildman–Crippen LogP) is 3.52. The molecule has 1 aromatic rings. The number of furan rings is 1. The minimum Gasteiger partial charge on any atom is -0.468 e. The van der Waals surface area contributed by atoms with Crippen molar-refractivity contribution in [1.29, 1.82) is 0 Å². The summed E-state index contributed by atoms with van der Waals surface area (Å²) in [5, 5.41) is 3.59. The van der Waals surface area contributed by atoms with Crippen molar-refractivity contribution >= 4 is 0 Å². The molecule has 1 aromatic heterocycles. The second-order valence-corrected chi connectivity index (χ2v) is 6.73. The summed E-state index contributed by atoms with van der Waals surface area (Å²) in [4.78, 5) is 2.42. The van der Waals surface area contributed by atoms with Gasteiger partial charge >= 0.3 is 0 Å². The van der Waals surface area contributed by atoms with E-state index in [1.807, 2.05) is 6.07 Å². The molecule has 2 unspecified atom stereocenters. The molecule has 3 nitrogen and oxygen atoms in total. The normalized spacial score (nSPS) is 27.1. The quantitative estimate of drug-likeness (QED) is 0.827. The minimum absolute atomic E-state index is 0.440. The molecule has 0 radical (unpaired) electrons. The molecule has 0 spiro atoms. The van der Waals surface area contributed by atoms with Gasteiger partial charge in [0.15, 0.2) is 0 Å². The summed E-state index contributed by atoms with van der Waals surface area (Å²) in [6.45, 7) is 8.90. The third-order valence-corrected chi connectivity index (χ3v) is 4.55. The van der Waals surface area contributed by atoms with Gasteiger partial charge in [0.2, 0.25) is 0 Å². The smallest absolute Gasteiger partial charge is 0.117 e. The fourth-order valence-corrected chi connectivity index (χ4v) is 3.82. The van der Waals surface area contributed by atoms with Gasteiger partial charge < -0.3 is 9.73 Å². The Bertz CT molecular complexity index is 376. The van der Waals surface area contributed by atoms with Crippen LogP contribution in [0.3, 0.4) is 0 Å². The summed E-state index contributed by atoms with van der Waals surface area (Å²) in [7, 11) is 2.22. The number of hydrogen-bond donors (Lipinski definition) is 1. The van der Waals surface area contributed by atoms with Crippen LogP contribution in [-0.2, 0) is 6.54 Å². The molecule has 1 fully saturated rings. The zero-order valence-electron chi connectivity index (χ0n) is 13.3. The van der Waals surface area contributed by atoms with Crippen molar-refractivity contribution < 1.29 is 4.42 Å². The van der Waals surface area contributed by atoms with E-state index < -0.39 is 0 Å². The number of nitrogens with zero attached hydrogens (tertiary/aromatic N) is 1. The van der Waals surface area contributed by atoms with Gasteiger partial charge in [-0.15, -0.1) is 0 Å². The van der Waals surface area contributed by atoms with Gasteiger partial charge in [-0.2, -0.15) is 0 Å². The molecular formula is C17H30N2O. The lowest BCUT2D eigenvalue weighted by molar-refractivity contribution is 0.0866. The van der Waals surface area contributed by atoms with Crippen molar-refractivity contribution in [1.82, 2.24) is 10.2 Å². The highest BCUT2D eigenvalue weighted by Crippen LogP contribution is 2.39. The van der Waals surface area contributed by atoms with Crippen molar-refractivity contribution in [2.75, 3.05) is 26.7 Å². The third kappa shape index (κ3) is 4.35. The van der Waals surface area contributed by atoms with Crippen LogP contribution in [0.1, 0.15) is 45.3 Å². The molecule has 1 aliphatic rings. The highest BCUT2D eigenvalue weighted by Gasteiger charge is 2.35. The molecule has 2 atom stereocenters. The fourth-order valence-electron chi connectivity index (χ4n) is 3.82. The summed E-state index contributed by atoms with van der Waals surface area (Å²) in [5.74, 6) is 1.93. The fraction of sp³-hybridized carbons (Fsp3) is 0.765. The molecule has 3 heteroatoms. The Morgan fingerprint density at radius 3 is 3.00 bits per heavy atom. The number of rotatable bonds is 7. The van der Waals surface area contributed by atoms with E-state index in [1.165, 1.54) is 25.7 Å². The molecule has 1 N–H and O–H groups in total. The lowest BCUT2D eigenvalue weighted by Crippen LogP contribution is -2.45. The molecule has 1 heterocycles. The van der Waals surface area contributed by atoms with E-state index in [9.17, 15) is 0 Å². The Morgan fingerprint density at radius 2 is 2.35 bits per heavy atom. The van der Waals surface area contributed by atoms with E-state index >= 15 is 0 Å². The summed E-state index contributed by atoms with van der Waals surface area (Å²) < 4.78 is 5.47. The molecule has 2 rings (SSSR count). The van der Waals surface area contributed by atoms with Crippen LogP contribution in [0.15, 0.2) is 22.8 Å². The monoisotopic (exact) mass is 278 g/mol. The zero-order chi connectivity index (χ0) is 14.4. The van der Waals surface area contributed by atoms with Gasteiger partial charge in [0.1, 0.15) is 5.76 Å². The molecule has 0 aromatic carbocycles. The van der Waals surface area contributed by atoms with E-state index in [2.05, 4.69) is 37.2 Å². The van der Waals surface area contributed by atoms with Gasteiger partial charge in [-0.25, -0.2) is 0 Å². The summed E-state index contributed by atoms with van der Waals surface area (Å²) in [5.41, 5.74) is 0.440. The molecule has 114 valence electrons. The minimum atomic E-state index is 0.440. The average molecular weight is 278 g/mol. The Kier molecular flexibility index (Phi) is 5.67.